The molecule has 2 aromatic carbocycles. The minimum Gasteiger partial charge on any atom is -0.325 e. The standard InChI is InChI=1S/C20H23ClN2O/c1-3-23(13-7-10-17-8-5-4-6-9-17)15-20(24)22-19-14-18(21)12-11-16(19)2/h4-12,14H,3,13,15H2,1-2H3,(H,22,24)/b10-7+. The molecule has 3 nitrogen and oxygen atoms in total. The second kappa shape index (κ2) is 9.26. The second-order valence-corrected chi connectivity index (χ2v) is 6.08. The van der Waals surface area contributed by atoms with Gasteiger partial charge in [0, 0.05) is 17.3 Å². The molecular formula is C20H23ClN2O. The van der Waals surface area contributed by atoms with Gasteiger partial charge in [-0.15, -0.1) is 0 Å². The van der Waals surface area contributed by atoms with Crippen LogP contribution >= 0.6 is 11.6 Å². The summed E-state index contributed by atoms with van der Waals surface area (Å²) in [6.45, 7) is 5.89. The van der Waals surface area contributed by atoms with E-state index in [4.69, 9.17) is 11.6 Å². The van der Waals surface area contributed by atoms with Crippen LogP contribution in [-0.4, -0.2) is 30.4 Å². The lowest BCUT2D eigenvalue weighted by atomic mass is 10.2. The molecule has 0 bridgehead atoms. The van der Waals surface area contributed by atoms with Gasteiger partial charge in [0.2, 0.25) is 5.91 Å². The van der Waals surface area contributed by atoms with E-state index in [9.17, 15) is 4.79 Å². The molecule has 1 N–H and O–H groups in total. The van der Waals surface area contributed by atoms with Crippen molar-refractivity contribution in [1.29, 1.82) is 0 Å². The van der Waals surface area contributed by atoms with Crippen LogP contribution in [0.1, 0.15) is 18.1 Å². The fourth-order valence-electron chi connectivity index (χ4n) is 2.33. The van der Waals surface area contributed by atoms with Crippen LogP contribution in [-0.2, 0) is 4.79 Å². The Bertz CT molecular complexity index is 698. The molecule has 0 radical (unpaired) electrons. The Morgan fingerprint density at radius 1 is 1.21 bits per heavy atom. The molecule has 0 saturated heterocycles. The smallest absolute Gasteiger partial charge is 0.238 e. The van der Waals surface area contributed by atoms with Gasteiger partial charge < -0.3 is 5.32 Å². The van der Waals surface area contributed by atoms with E-state index in [1.54, 1.807) is 6.07 Å². The summed E-state index contributed by atoms with van der Waals surface area (Å²) in [5, 5.41) is 3.55. The van der Waals surface area contributed by atoms with Crippen molar-refractivity contribution < 1.29 is 4.79 Å². The summed E-state index contributed by atoms with van der Waals surface area (Å²) in [5.41, 5.74) is 2.93. The third kappa shape index (κ3) is 5.84. The molecule has 0 aromatic heterocycles. The van der Waals surface area contributed by atoms with Crippen LogP contribution in [0.3, 0.4) is 0 Å². The SMILES string of the molecule is CCN(C/C=C/c1ccccc1)CC(=O)Nc1cc(Cl)ccc1C. The number of amides is 1. The summed E-state index contributed by atoms with van der Waals surface area (Å²) in [5.74, 6) is -0.0321. The molecule has 126 valence electrons. The number of rotatable bonds is 7. The number of hydrogen-bond donors (Lipinski definition) is 1. The topological polar surface area (TPSA) is 32.3 Å². The van der Waals surface area contributed by atoms with E-state index in [1.165, 1.54) is 0 Å². The second-order valence-electron chi connectivity index (χ2n) is 5.65. The summed E-state index contributed by atoms with van der Waals surface area (Å²) < 4.78 is 0. The van der Waals surface area contributed by atoms with Crippen LogP contribution in [0.2, 0.25) is 5.02 Å². The van der Waals surface area contributed by atoms with Crippen LogP contribution in [0.5, 0.6) is 0 Å². The highest BCUT2D eigenvalue weighted by atomic mass is 35.5. The maximum absolute atomic E-state index is 12.3. The minimum atomic E-state index is -0.0321. The average molecular weight is 343 g/mol. The van der Waals surface area contributed by atoms with Crippen molar-refractivity contribution in [2.45, 2.75) is 13.8 Å². The van der Waals surface area contributed by atoms with E-state index in [1.807, 2.05) is 44.2 Å². The highest BCUT2D eigenvalue weighted by molar-refractivity contribution is 6.31. The van der Waals surface area contributed by atoms with Crippen LogP contribution in [0, 0.1) is 6.92 Å². The number of anilines is 1. The average Bonchev–Trinajstić information content (AvgIpc) is 2.58. The van der Waals surface area contributed by atoms with Gasteiger partial charge in [-0.05, 0) is 36.7 Å². The Morgan fingerprint density at radius 3 is 2.67 bits per heavy atom. The zero-order chi connectivity index (χ0) is 17.4. The van der Waals surface area contributed by atoms with Gasteiger partial charge in [0.15, 0.2) is 0 Å². The van der Waals surface area contributed by atoms with E-state index in [0.29, 0.717) is 11.6 Å². The van der Waals surface area contributed by atoms with Crippen molar-refractivity contribution in [3.8, 4) is 0 Å². The van der Waals surface area contributed by atoms with Gasteiger partial charge in [0.1, 0.15) is 0 Å². The van der Waals surface area contributed by atoms with Crippen LogP contribution in [0.4, 0.5) is 5.69 Å². The molecule has 0 spiro atoms. The lowest BCUT2D eigenvalue weighted by Gasteiger charge is -2.18. The van der Waals surface area contributed by atoms with E-state index in [-0.39, 0.29) is 5.91 Å². The van der Waals surface area contributed by atoms with Crippen LogP contribution in [0.15, 0.2) is 54.6 Å². The third-order valence-corrected chi connectivity index (χ3v) is 4.00. The normalized spacial score (nSPS) is 11.2. The zero-order valence-electron chi connectivity index (χ0n) is 14.1. The number of hydrogen-bond acceptors (Lipinski definition) is 2. The Morgan fingerprint density at radius 2 is 1.96 bits per heavy atom. The van der Waals surface area contributed by atoms with Crippen LogP contribution < -0.4 is 5.32 Å². The van der Waals surface area contributed by atoms with Crippen molar-refractivity contribution in [1.82, 2.24) is 4.90 Å². The molecule has 0 unspecified atom stereocenters. The first-order chi connectivity index (χ1) is 11.6. The van der Waals surface area contributed by atoms with E-state index in [2.05, 4.69) is 34.5 Å². The van der Waals surface area contributed by atoms with Gasteiger partial charge in [-0.25, -0.2) is 0 Å². The molecule has 0 heterocycles. The highest BCUT2D eigenvalue weighted by Crippen LogP contribution is 2.20. The molecule has 2 rings (SSSR count). The van der Waals surface area contributed by atoms with Crippen LogP contribution in [0.25, 0.3) is 6.08 Å². The van der Waals surface area contributed by atoms with E-state index >= 15 is 0 Å². The number of carbonyl (C=O) groups is 1. The lowest BCUT2D eigenvalue weighted by Crippen LogP contribution is -2.33. The fourth-order valence-corrected chi connectivity index (χ4v) is 2.50. The largest absolute Gasteiger partial charge is 0.325 e. The number of nitrogens with zero attached hydrogens (tertiary/aromatic N) is 1. The van der Waals surface area contributed by atoms with Gasteiger partial charge >= 0.3 is 0 Å². The van der Waals surface area contributed by atoms with Gasteiger partial charge in [0.25, 0.3) is 0 Å². The van der Waals surface area contributed by atoms with Crippen molar-refractivity contribution in [2.75, 3.05) is 25.0 Å². The predicted octanol–water partition coefficient (Wildman–Crippen LogP) is 4.62. The zero-order valence-corrected chi connectivity index (χ0v) is 14.9. The van der Waals surface area contributed by atoms with Gasteiger partial charge in [0.05, 0.1) is 6.54 Å². The number of aryl methyl sites for hydroxylation is 1. The number of nitrogens with one attached hydrogen (secondary N) is 1. The molecular weight excluding hydrogens is 320 g/mol. The fraction of sp³-hybridized carbons (Fsp3) is 0.250. The number of carbonyl (C=O) groups excluding carboxylic acids is 1. The molecule has 2 aromatic rings. The summed E-state index contributed by atoms with van der Waals surface area (Å²) in [7, 11) is 0. The number of halogens is 1. The molecule has 4 heteroatoms. The number of likely N-dealkylation sites (N-methyl/N-ethyl adjacent to an activating group) is 1. The van der Waals surface area contributed by atoms with Crippen molar-refractivity contribution >= 4 is 29.3 Å². The maximum atomic E-state index is 12.3. The Balaban J connectivity index is 1.88. The van der Waals surface area contributed by atoms with Gasteiger partial charge in [-0.3, -0.25) is 9.69 Å². The summed E-state index contributed by atoms with van der Waals surface area (Å²) in [4.78, 5) is 14.3. The first kappa shape index (κ1) is 18.2. The quantitative estimate of drug-likeness (QED) is 0.796. The van der Waals surface area contributed by atoms with Gasteiger partial charge in [-0.2, -0.15) is 0 Å². The third-order valence-electron chi connectivity index (χ3n) is 3.76. The summed E-state index contributed by atoms with van der Waals surface area (Å²) in [6.07, 6.45) is 4.15. The Kier molecular flexibility index (Phi) is 7.04. The Hall–Kier alpha value is -2.10. The first-order valence-corrected chi connectivity index (χ1v) is 8.46. The molecule has 24 heavy (non-hydrogen) atoms. The Labute approximate surface area is 148 Å². The predicted molar refractivity (Wildman–Crippen MR) is 102 cm³/mol. The number of benzene rings is 2. The van der Waals surface area contributed by atoms with Crippen molar-refractivity contribution in [3.63, 3.8) is 0 Å². The lowest BCUT2D eigenvalue weighted by molar-refractivity contribution is -0.117. The van der Waals surface area contributed by atoms with E-state index < -0.39 is 0 Å². The highest BCUT2D eigenvalue weighted by Gasteiger charge is 2.09. The minimum absolute atomic E-state index is 0.0321. The van der Waals surface area contributed by atoms with Crippen molar-refractivity contribution in [2.24, 2.45) is 0 Å². The first-order valence-electron chi connectivity index (χ1n) is 8.08. The van der Waals surface area contributed by atoms with Crippen molar-refractivity contribution in [3.05, 3.63) is 70.8 Å². The molecule has 0 aliphatic rings. The molecule has 0 aliphatic carbocycles. The molecule has 1 amide bonds. The maximum Gasteiger partial charge on any atom is 0.238 e. The molecule has 0 atom stereocenters. The summed E-state index contributed by atoms with van der Waals surface area (Å²) in [6, 6.07) is 15.6. The van der Waals surface area contributed by atoms with E-state index in [0.717, 1.165) is 29.9 Å². The molecule has 0 aliphatic heterocycles. The van der Waals surface area contributed by atoms with Gasteiger partial charge in [-0.1, -0.05) is 67.1 Å². The molecule has 0 fully saturated rings. The molecule has 0 saturated carbocycles. The monoisotopic (exact) mass is 342 g/mol. The summed E-state index contributed by atoms with van der Waals surface area (Å²) >= 11 is 5.99.